The van der Waals surface area contributed by atoms with Gasteiger partial charge < -0.3 is 19.6 Å². The third-order valence-electron chi connectivity index (χ3n) is 6.12. The van der Waals surface area contributed by atoms with Gasteiger partial charge in [-0.15, -0.1) is 0 Å². The van der Waals surface area contributed by atoms with Crippen molar-refractivity contribution in [1.29, 1.82) is 0 Å². The van der Waals surface area contributed by atoms with Crippen molar-refractivity contribution in [2.24, 2.45) is 9.98 Å². The number of benzene rings is 1. The summed E-state index contributed by atoms with van der Waals surface area (Å²) in [5.74, 6) is 2.81. The number of allylic oxidation sites excluding steroid dienone is 1. The van der Waals surface area contributed by atoms with Crippen LogP contribution in [-0.4, -0.2) is 90.7 Å². The van der Waals surface area contributed by atoms with Gasteiger partial charge in [0.25, 0.3) is 5.91 Å². The summed E-state index contributed by atoms with van der Waals surface area (Å²) in [7, 11) is 3.97. The van der Waals surface area contributed by atoms with Crippen LogP contribution in [0.5, 0.6) is 0 Å². The molecule has 0 N–H and O–H groups in total. The van der Waals surface area contributed by atoms with E-state index in [-0.39, 0.29) is 5.91 Å². The van der Waals surface area contributed by atoms with E-state index in [1.165, 1.54) is 12.8 Å². The highest BCUT2D eigenvalue weighted by Gasteiger charge is 2.25. The van der Waals surface area contributed by atoms with E-state index in [9.17, 15) is 4.79 Å². The molecule has 1 aromatic carbocycles. The van der Waals surface area contributed by atoms with Crippen LogP contribution >= 0.6 is 0 Å². The van der Waals surface area contributed by atoms with Crippen LogP contribution in [0.25, 0.3) is 0 Å². The number of amidine groups is 1. The number of likely N-dealkylation sites (tertiary alicyclic amines) is 1. The Balaban J connectivity index is 1.73. The van der Waals surface area contributed by atoms with Gasteiger partial charge in [0.15, 0.2) is 0 Å². The van der Waals surface area contributed by atoms with Crippen LogP contribution < -0.4 is 0 Å². The third kappa shape index (κ3) is 5.69. The molecule has 0 aliphatic carbocycles. The summed E-state index contributed by atoms with van der Waals surface area (Å²) < 4.78 is 0. The lowest BCUT2D eigenvalue weighted by molar-refractivity contribution is 0.0667. The average molecular weight is 439 g/mol. The van der Waals surface area contributed by atoms with E-state index in [1.54, 1.807) is 0 Å². The zero-order valence-corrected chi connectivity index (χ0v) is 20.6. The normalized spacial score (nSPS) is 17.6. The van der Waals surface area contributed by atoms with Gasteiger partial charge >= 0.3 is 0 Å². The van der Waals surface area contributed by atoms with Crippen LogP contribution in [0.3, 0.4) is 0 Å². The first-order valence-corrected chi connectivity index (χ1v) is 11.6. The van der Waals surface area contributed by atoms with E-state index in [0.717, 1.165) is 54.5 Å². The van der Waals surface area contributed by atoms with Gasteiger partial charge in [-0.3, -0.25) is 4.79 Å². The molecule has 3 rings (SSSR count). The summed E-state index contributed by atoms with van der Waals surface area (Å²) in [4.78, 5) is 31.4. The highest BCUT2D eigenvalue weighted by molar-refractivity contribution is 5.96. The number of hydrogen-bond donors (Lipinski definition) is 0. The lowest BCUT2D eigenvalue weighted by atomic mass is 10.1. The number of amides is 1. The summed E-state index contributed by atoms with van der Waals surface area (Å²) in [5, 5.41) is 0. The fraction of sp³-hybridized carbons (Fsp3) is 0.560. The van der Waals surface area contributed by atoms with Crippen molar-refractivity contribution in [1.82, 2.24) is 19.6 Å². The van der Waals surface area contributed by atoms with Crippen LogP contribution in [0.15, 0.2) is 45.6 Å². The van der Waals surface area contributed by atoms with Gasteiger partial charge in [-0.05, 0) is 57.7 Å². The van der Waals surface area contributed by atoms with Crippen LogP contribution in [-0.2, 0) is 0 Å². The molecular formula is C25H38N6O. The predicted octanol–water partition coefficient (Wildman–Crippen LogP) is 3.44. The molecule has 2 fully saturated rings. The van der Waals surface area contributed by atoms with Gasteiger partial charge in [-0.25, -0.2) is 4.99 Å². The first-order chi connectivity index (χ1) is 15.3. The Morgan fingerprint density at radius 3 is 2.00 bits per heavy atom. The van der Waals surface area contributed by atoms with E-state index >= 15 is 0 Å². The second-order valence-electron chi connectivity index (χ2n) is 9.08. The Hall–Kier alpha value is -2.83. The van der Waals surface area contributed by atoms with E-state index < -0.39 is 0 Å². The molecule has 0 aromatic heterocycles. The Labute approximate surface area is 193 Å². The number of aryl methyl sites for hydroxylation is 1. The molecule has 174 valence electrons. The van der Waals surface area contributed by atoms with Crippen LogP contribution in [0.1, 0.15) is 49.5 Å². The van der Waals surface area contributed by atoms with Crippen LogP contribution in [0.4, 0.5) is 0 Å². The van der Waals surface area contributed by atoms with Crippen molar-refractivity contribution in [2.45, 2.75) is 40.5 Å². The largest absolute Gasteiger partial charge is 0.360 e. The van der Waals surface area contributed by atoms with E-state index in [2.05, 4.69) is 30.6 Å². The lowest BCUT2D eigenvalue weighted by Gasteiger charge is -2.37. The Morgan fingerprint density at radius 1 is 0.844 bits per heavy atom. The van der Waals surface area contributed by atoms with Crippen molar-refractivity contribution in [3.8, 4) is 0 Å². The van der Waals surface area contributed by atoms with Gasteiger partial charge in [0.1, 0.15) is 11.7 Å². The molecule has 7 heteroatoms. The standard InChI is InChI=1S/C25H38N6O/c1-19(2)23(27-25(28(5)6)26-21(4)29-13-9-10-14-29)30-15-17-31(18-16-30)24(32)22-12-8-7-11-20(22)3/h7-8,11-12H,9-10,13-18H2,1-6H3/b26-21+,27-25+. The van der Waals surface area contributed by atoms with E-state index in [4.69, 9.17) is 9.98 Å². The minimum Gasteiger partial charge on any atom is -0.360 e. The van der Waals surface area contributed by atoms with E-state index in [0.29, 0.717) is 19.0 Å². The molecule has 32 heavy (non-hydrogen) atoms. The summed E-state index contributed by atoms with van der Waals surface area (Å²) >= 11 is 0. The highest BCUT2D eigenvalue weighted by atomic mass is 16.2. The van der Waals surface area contributed by atoms with Crippen molar-refractivity contribution in [2.75, 3.05) is 53.4 Å². The van der Waals surface area contributed by atoms with Crippen molar-refractivity contribution in [3.63, 3.8) is 0 Å². The molecule has 0 bridgehead atoms. The molecule has 2 heterocycles. The van der Waals surface area contributed by atoms with Crippen molar-refractivity contribution >= 4 is 17.7 Å². The molecular weight excluding hydrogens is 400 g/mol. The second-order valence-corrected chi connectivity index (χ2v) is 9.08. The van der Waals surface area contributed by atoms with Crippen LogP contribution in [0, 0.1) is 6.92 Å². The molecule has 0 atom stereocenters. The molecule has 0 unspecified atom stereocenters. The number of aliphatic imine (C=N–C) groups is 2. The maximum Gasteiger partial charge on any atom is 0.254 e. The zero-order chi connectivity index (χ0) is 23.3. The smallest absolute Gasteiger partial charge is 0.254 e. The highest BCUT2D eigenvalue weighted by Crippen LogP contribution is 2.19. The fourth-order valence-electron chi connectivity index (χ4n) is 4.18. The number of hydrogen-bond acceptors (Lipinski definition) is 3. The molecule has 1 amide bonds. The van der Waals surface area contributed by atoms with E-state index in [1.807, 2.05) is 55.1 Å². The van der Waals surface area contributed by atoms with Gasteiger partial charge in [-0.1, -0.05) is 18.2 Å². The van der Waals surface area contributed by atoms with Gasteiger partial charge in [0.05, 0.1) is 0 Å². The molecule has 0 radical (unpaired) electrons. The quantitative estimate of drug-likeness (QED) is 0.536. The number of carbonyl (C=O) groups excluding carboxylic acids is 1. The Bertz CT molecular complexity index is 899. The first kappa shape index (κ1) is 23.8. The predicted molar refractivity (Wildman–Crippen MR) is 132 cm³/mol. The zero-order valence-electron chi connectivity index (χ0n) is 20.6. The number of guanidine groups is 1. The fourth-order valence-corrected chi connectivity index (χ4v) is 4.18. The number of piperazine rings is 1. The molecule has 2 saturated heterocycles. The maximum absolute atomic E-state index is 13.0. The van der Waals surface area contributed by atoms with Crippen molar-refractivity contribution in [3.05, 3.63) is 46.8 Å². The summed E-state index contributed by atoms with van der Waals surface area (Å²) in [5.41, 5.74) is 2.97. The topological polar surface area (TPSA) is 54.8 Å². The monoisotopic (exact) mass is 438 g/mol. The Morgan fingerprint density at radius 2 is 1.44 bits per heavy atom. The second kappa shape index (κ2) is 10.7. The minimum absolute atomic E-state index is 0.116. The minimum atomic E-state index is 0.116. The number of carbonyl (C=O) groups is 1. The average Bonchev–Trinajstić information content (AvgIpc) is 3.31. The summed E-state index contributed by atoms with van der Waals surface area (Å²) in [6.45, 7) is 13.3. The molecule has 1 aromatic rings. The molecule has 7 nitrogen and oxygen atoms in total. The first-order valence-electron chi connectivity index (χ1n) is 11.6. The van der Waals surface area contributed by atoms with Gasteiger partial charge in [-0.2, -0.15) is 4.99 Å². The van der Waals surface area contributed by atoms with Crippen molar-refractivity contribution < 1.29 is 4.79 Å². The summed E-state index contributed by atoms with van der Waals surface area (Å²) in [6.07, 6.45) is 2.46. The maximum atomic E-state index is 13.0. The molecule has 0 saturated carbocycles. The lowest BCUT2D eigenvalue weighted by Crippen LogP contribution is -2.48. The molecule has 2 aliphatic rings. The van der Waals surface area contributed by atoms with Gasteiger partial charge in [0.2, 0.25) is 5.96 Å². The van der Waals surface area contributed by atoms with Crippen LogP contribution in [0.2, 0.25) is 0 Å². The van der Waals surface area contributed by atoms with Gasteiger partial charge in [0, 0.05) is 58.9 Å². The summed E-state index contributed by atoms with van der Waals surface area (Å²) in [6, 6.07) is 7.81. The Kier molecular flexibility index (Phi) is 7.94. The molecule has 2 aliphatic heterocycles. The SMILES string of the molecule is CC(C)=C(/N=C(\N=C(/C)N1CCCC1)N(C)C)N1CCN(C(=O)c2ccccc2C)CC1. The number of rotatable bonds is 3. The molecule has 0 spiro atoms. The number of nitrogens with zero attached hydrogens (tertiary/aromatic N) is 6. The third-order valence-corrected chi connectivity index (χ3v) is 6.12.